The summed E-state index contributed by atoms with van der Waals surface area (Å²) in [6.07, 6.45) is 0. The highest BCUT2D eigenvalue weighted by Crippen LogP contribution is 2.38. The van der Waals surface area contributed by atoms with Crippen molar-refractivity contribution in [3.8, 4) is 33.4 Å². The average Bonchev–Trinajstić information content (AvgIpc) is 3.05. The van der Waals surface area contributed by atoms with Crippen molar-refractivity contribution < 1.29 is 26.6 Å². The van der Waals surface area contributed by atoms with E-state index in [1.807, 2.05) is 41.5 Å². The van der Waals surface area contributed by atoms with Crippen LogP contribution in [-0.2, 0) is 26.6 Å². The molecule has 0 aliphatic rings. The first-order chi connectivity index (χ1) is 21.5. The number of hydrogen-bond acceptors (Lipinski definition) is 6. The van der Waals surface area contributed by atoms with Crippen LogP contribution in [0.4, 0.5) is 0 Å². The van der Waals surface area contributed by atoms with E-state index in [9.17, 15) is 0 Å². The zero-order valence-electron chi connectivity index (χ0n) is 26.9. The molecule has 234 valence electrons. The van der Waals surface area contributed by atoms with Gasteiger partial charge in [0.2, 0.25) is 0 Å². The number of benzene rings is 4. The van der Waals surface area contributed by atoms with Crippen molar-refractivity contribution in [3.63, 3.8) is 0 Å². The Labute approximate surface area is 265 Å². The molecule has 0 aliphatic heterocycles. The molecule has 0 N–H and O–H groups in total. The molecule has 4 rings (SSSR count). The zero-order chi connectivity index (χ0) is 31.4. The van der Waals surface area contributed by atoms with E-state index in [4.69, 9.17) is 26.6 Å². The second-order valence-corrected chi connectivity index (χ2v) is 15.1. The van der Waals surface area contributed by atoms with Crippen LogP contribution >= 0.6 is 0 Å². The van der Waals surface area contributed by atoms with Crippen molar-refractivity contribution in [2.24, 2.45) is 0 Å². The van der Waals surface area contributed by atoms with Crippen LogP contribution in [0.5, 0.6) is 0 Å². The molecule has 4 aromatic rings. The molecule has 8 heteroatoms. The van der Waals surface area contributed by atoms with Gasteiger partial charge in [-0.2, -0.15) is 0 Å². The molecule has 44 heavy (non-hydrogen) atoms. The van der Waals surface area contributed by atoms with E-state index >= 15 is 0 Å². The molecular formula is C36H46O6Si2. The highest BCUT2D eigenvalue weighted by atomic mass is 28.4. The van der Waals surface area contributed by atoms with E-state index in [0.29, 0.717) is 39.6 Å². The summed E-state index contributed by atoms with van der Waals surface area (Å²) in [4.78, 5) is 0. The van der Waals surface area contributed by atoms with Crippen LogP contribution in [-0.4, -0.2) is 57.3 Å². The molecule has 0 heterocycles. The lowest BCUT2D eigenvalue weighted by Gasteiger charge is -2.28. The summed E-state index contributed by atoms with van der Waals surface area (Å²) in [5.41, 5.74) is 6.84. The van der Waals surface area contributed by atoms with Gasteiger partial charge in [0.05, 0.1) is 0 Å². The zero-order valence-corrected chi connectivity index (χ0v) is 28.9. The molecule has 0 saturated heterocycles. The van der Waals surface area contributed by atoms with Gasteiger partial charge >= 0.3 is 17.6 Å². The van der Waals surface area contributed by atoms with Crippen molar-refractivity contribution in [2.45, 2.75) is 41.5 Å². The summed E-state index contributed by atoms with van der Waals surface area (Å²) in [5, 5.41) is 1.94. The van der Waals surface area contributed by atoms with E-state index in [2.05, 4.69) is 97.1 Å². The van der Waals surface area contributed by atoms with Gasteiger partial charge < -0.3 is 26.6 Å². The predicted molar refractivity (Wildman–Crippen MR) is 183 cm³/mol. The molecule has 0 spiro atoms. The summed E-state index contributed by atoms with van der Waals surface area (Å²) in [7, 11) is -5.97. The highest BCUT2D eigenvalue weighted by Gasteiger charge is 2.44. The Bertz CT molecular complexity index is 1300. The first kappa shape index (κ1) is 34.0. The number of rotatable bonds is 17. The molecule has 4 aromatic carbocycles. The van der Waals surface area contributed by atoms with E-state index in [1.54, 1.807) is 0 Å². The van der Waals surface area contributed by atoms with Crippen LogP contribution in [0.3, 0.4) is 0 Å². The minimum atomic E-state index is -2.98. The molecular weight excluding hydrogens is 585 g/mol. The van der Waals surface area contributed by atoms with Gasteiger partial charge in [0, 0.05) is 50.0 Å². The molecule has 0 fully saturated rings. The molecule has 0 saturated carbocycles. The van der Waals surface area contributed by atoms with Crippen LogP contribution in [0.25, 0.3) is 33.4 Å². The Kier molecular flexibility index (Phi) is 12.7. The van der Waals surface area contributed by atoms with E-state index < -0.39 is 17.6 Å². The maximum atomic E-state index is 6.14. The van der Waals surface area contributed by atoms with Gasteiger partial charge in [0.25, 0.3) is 0 Å². The van der Waals surface area contributed by atoms with Crippen LogP contribution in [0.1, 0.15) is 41.5 Å². The molecule has 0 unspecified atom stereocenters. The lowest BCUT2D eigenvalue weighted by Crippen LogP contribution is -2.56. The summed E-state index contributed by atoms with van der Waals surface area (Å²) in [6, 6.07) is 34.0. The lowest BCUT2D eigenvalue weighted by atomic mass is 9.89. The fourth-order valence-corrected chi connectivity index (χ4v) is 10.5. The SMILES string of the molecule is CCO[Si](OCC)(OCC)c1ccc(-c2ccccc2-c2ccccc2-c2ccc([Si](OCC)(OCC)OCC)cc2)cc1. The second-order valence-electron chi connectivity index (χ2n) is 9.96. The van der Waals surface area contributed by atoms with Crippen LogP contribution in [0, 0.1) is 0 Å². The normalized spacial score (nSPS) is 12.0. The van der Waals surface area contributed by atoms with Gasteiger partial charge in [-0.1, -0.05) is 97.1 Å². The van der Waals surface area contributed by atoms with E-state index in [0.717, 1.165) is 43.8 Å². The van der Waals surface area contributed by atoms with E-state index in [-0.39, 0.29) is 0 Å². The van der Waals surface area contributed by atoms with Gasteiger partial charge in [-0.05, 0) is 74.9 Å². The van der Waals surface area contributed by atoms with Crippen LogP contribution < -0.4 is 10.4 Å². The number of hydrogen-bond donors (Lipinski definition) is 0. The Morgan fingerprint density at radius 2 is 0.591 bits per heavy atom. The third-order valence-electron chi connectivity index (χ3n) is 7.25. The Morgan fingerprint density at radius 1 is 0.341 bits per heavy atom. The van der Waals surface area contributed by atoms with Gasteiger partial charge in [0.15, 0.2) is 0 Å². The molecule has 6 nitrogen and oxygen atoms in total. The third kappa shape index (κ3) is 7.47. The van der Waals surface area contributed by atoms with Crippen LogP contribution in [0.15, 0.2) is 97.1 Å². The molecule has 0 atom stereocenters. The maximum Gasteiger partial charge on any atom is 0.537 e. The Morgan fingerprint density at radius 3 is 0.841 bits per heavy atom. The summed E-state index contributed by atoms with van der Waals surface area (Å²) in [6.45, 7) is 15.0. The quantitative estimate of drug-likeness (QED) is 0.115. The van der Waals surface area contributed by atoms with Gasteiger partial charge in [-0.3, -0.25) is 0 Å². The Balaban J connectivity index is 1.73. The predicted octanol–water partition coefficient (Wildman–Crippen LogP) is 7.20. The standard InChI is InChI=1S/C36H46O6Si2/c1-7-37-43(38-8-2,39-9-3)31-25-21-29(22-26-31)33-17-13-15-19-35(33)36-20-16-14-18-34(36)30-23-27-32(28-24-30)44(40-10-4,41-11-5)42-12-6/h13-28H,7-12H2,1-6H3. The summed E-state index contributed by atoms with van der Waals surface area (Å²) in [5.74, 6) is 0. The van der Waals surface area contributed by atoms with Gasteiger partial charge in [-0.25, -0.2) is 0 Å². The largest absolute Gasteiger partial charge is 0.537 e. The van der Waals surface area contributed by atoms with Crippen molar-refractivity contribution in [3.05, 3.63) is 97.1 Å². The smallest absolute Gasteiger partial charge is 0.370 e. The monoisotopic (exact) mass is 630 g/mol. The third-order valence-corrected chi connectivity index (χ3v) is 13.3. The first-order valence-electron chi connectivity index (χ1n) is 15.7. The molecule has 0 aromatic heterocycles. The van der Waals surface area contributed by atoms with Crippen molar-refractivity contribution >= 4 is 28.0 Å². The highest BCUT2D eigenvalue weighted by molar-refractivity contribution is 6.75. The maximum absolute atomic E-state index is 6.14. The lowest BCUT2D eigenvalue weighted by molar-refractivity contribution is 0.0851. The second kappa shape index (κ2) is 16.4. The Hall–Kier alpha value is -2.93. The van der Waals surface area contributed by atoms with Gasteiger partial charge in [-0.15, -0.1) is 0 Å². The fraction of sp³-hybridized carbons (Fsp3) is 0.333. The summed E-state index contributed by atoms with van der Waals surface area (Å²) >= 11 is 0. The fourth-order valence-electron chi connectivity index (χ4n) is 5.54. The molecule has 0 aliphatic carbocycles. The minimum Gasteiger partial charge on any atom is -0.370 e. The summed E-state index contributed by atoms with van der Waals surface area (Å²) < 4.78 is 36.9. The molecule has 0 amide bonds. The van der Waals surface area contributed by atoms with Crippen molar-refractivity contribution in [2.75, 3.05) is 39.6 Å². The van der Waals surface area contributed by atoms with Crippen LogP contribution in [0.2, 0.25) is 0 Å². The molecule has 0 radical (unpaired) electrons. The first-order valence-corrected chi connectivity index (χ1v) is 19.2. The topological polar surface area (TPSA) is 55.4 Å². The van der Waals surface area contributed by atoms with Crippen molar-refractivity contribution in [1.29, 1.82) is 0 Å². The average molecular weight is 631 g/mol. The minimum absolute atomic E-state index is 0.528. The van der Waals surface area contributed by atoms with Gasteiger partial charge in [0.1, 0.15) is 0 Å². The van der Waals surface area contributed by atoms with E-state index in [1.165, 1.54) is 0 Å². The molecule has 0 bridgehead atoms. The van der Waals surface area contributed by atoms with Crippen molar-refractivity contribution in [1.82, 2.24) is 0 Å².